The Bertz CT molecular complexity index is 896. The van der Waals surface area contributed by atoms with Crippen LogP contribution in [-0.4, -0.2) is 18.5 Å². The van der Waals surface area contributed by atoms with Crippen LogP contribution in [0.15, 0.2) is 42.5 Å². The molecular weight excluding hydrogens is 391 g/mol. The number of fused-ring (bicyclic) bond motifs is 2. The first-order valence-electron chi connectivity index (χ1n) is 10.1. The number of carbonyl (C=O) groups excluding carboxylic acids is 1. The van der Waals surface area contributed by atoms with E-state index in [4.69, 9.17) is 23.2 Å². The van der Waals surface area contributed by atoms with Crippen LogP contribution in [0.3, 0.4) is 0 Å². The molecule has 1 fully saturated rings. The van der Waals surface area contributed by atoms with Crippen LogP contribution in [0.4, 0.5) is 5.69 Å². The summed E-state index contributed by atoms with van der Waals surface area (Å²) in [5.74, 6) is 0.522. The van der Waals surface area contributed by atoms with E-state index in [0.29, 0.717) is 16.0 Å². The molecule has 2 N–H and O–H groups in total. The highest BCUT2D eigenvalue weighted by atomic mass is 35.5. The van der Waals surface area contributed by atoms with E-state index < -0.39 is 5.41 Å². The number of carbonyl (C=O) groups is 1. The Morgan fingerprint density at radius 3 is 2.57 bits per heavy atom. The number of rotatable bonds is 4. The van der Waals surface area contributed by atoms with Crippen molar-refractivity contribution in [1.29, 1.82) is 0 Å². The van der Waals surface area contributed by atoms with Gasteiger partial charge in [0.2, 0.25) is 5.91 Å². The first-order valence-corrected chi connectivity index (χ1v) is 10.9. The summed E-state index contributed by atoms with van der Waals surface area (Å²) in [5.41, 5.74) is 2.35. The number of amides is 1. The first kappa shape index (κ1) is 19.8. The molecule has 1 saturated heterocycles. The van der Waals surface area contributed by atoms with Crippen molar-refractivity contribution in [2.24, 2.45) is 5.92 Å². The van der Waals surface area contributed by atoms with Crippen LogP contribution in [0.1, 0.15) is 50.2 Å². The highest BCUT2D eigenvalue weighted by Crippen LogP contribution is 2.54. The summed E-state index contributed by atoms with van der Waals surface area (Å²) in [4.78, 5) is 13.7. The normalized spacial score (nSPS) is 26.5. The topological polar surface area (TPSA) is 41.1 Å². The highest BCUT2D eigenvalue weighted by molar-refractivity contribution is 6.31. The number of hydrogen-bond donors (Lipinski definition) is 2. The summed E-state index contributed by atoms with van der Waals surface area (Å²) in [7, 11) is 0. The maximum Gasteiger partial charge on any atom is 0.237 e. The summed E-state index contributed by atoms with van der Waals surface area (Å²) in [5, 5.41) is 8.22. The molecule has 0 radical (unpaired) electrons. The van der Waals surface area contributed by atoms with Gasteiger partial charge in [-0.3, -0.25) is 4.79 Å². The van der Waals surface area contributed by atoms with E-state index in [1.54, 1.807) is 0 Å². The summed E-state index contributed by atoms with van der Waals surface area (Å²) >= 11 is 12.6. The molecule has 0 saturated carbocycles. The van der Waals surface area contributed by atoms with Gasteiger partial charge in [-0.25, -0.2) is 0 Å². The SMILES string of the molecule is CCC(CC)C1NCCC(c2cccc(Cl)c2)C12C(=O)Nc1cc(Cl)ccc12. The van der Waals surface area contributed by atoms with Gasteiger partial charge in [0, 0.05) is 27.7 Å². The second-order valence-electron chi connectivity index (χ2n) is 7.92. The average molecular weight is 417 g/mol. The molecule has 2 aliphatic rings. The monoisotopic (exact) mass is 416 g/mol. The highest BCUT2D eigenvalue weighted by Gasteiger charge is 2.60. The minimum Gasteiger partial charge on any atom is -0.325 e. The molecular formula is C23H26Cl2N2O. The van der Waals surface area contributed by atoms with Gasteiger partial charge < -0.3 is 10.6 Å². The summed E-state index contributed by atoms with van der Waals surface area (Å²) in [6, 6.07) is 13.9. The Morgan fingerprint density at radius 1 is 1.11 bits per heavy atom. The number of anilines is 1. The molecule has 28 heavy (non-hydrogen) atoms. The van der Waals surface area contributed by atoms with Gasteiger partial charge in [-0.15, -0.1) is 0 Å². The van der Waals surface area contributed by atoms with Gasteiger partial charge in [-0.05, 0) is 54.3 Å². The summed E-state index contributed by atoms with van der Waals surface area (Å²) in [6.07, 6.45) is 2.93. The molecule has 0 bridgehead atoms. The molecule has 4 rings (SSSR count). The third kappa shape index (κ3) is 2.96. The van der Waals surface area contributed by atoms with Gasteiger partial charge in [-0.1, -0.05) is 68.1 Å². The van der Waals surface area contributed by atoms with Gasteiger partial charge in [0.25, 0.3) is 0 Å². The van der Waals surface area contributed by atoms with E-state index >= 15 is 0 Å². The van der Waals surface area contributed by atoms with Gasteiger partial charge in [0.15, 0.2) is 0 Å². The maximum absolute atomic E-state index is 13.7. The van der Waals surface area contributed by atoms with Gasteiger partial charge in [0.05, 0.1) is 5.41 Å². The quantitative estimate of drug-likeness (QED) is 0.664. The lowest BCUT2D eigenvalue weighted by Gasteiger charge is -2.49. The van der Waals surface area contributed by atoms with E-state index in [2.05, 4.69) is 30.5 Å². The lowest BCUT2D eigenvalue weighted by Crippen LogP contribution is -2.62. The molecule has 148 valence electrons. The predicted octanol–water partition coefficient (Wildman–Crippen LogP) is 5.77. The summed E-state index contributed by atoms with van der Waals surface area (Å²) in [6.45, 7) is 5.31. The van der Waals surface area contributed by atoms with Crippen LogP contribution in [-0.2, 0) is 10.2 Å². The number of hydrogen-bond acceptors (Lipinski definition) is 2. The first-order chi connectivity index (χ1) is 13.5. The molecule has 2 aliphatic heterocycles. The van der Waals surface area contributed by atoms with Crippen molar-refractivity contribution in [3.05, 3.63) is 63.6 Å². The van der Waals surface area contributed by atoms with Crippen LogP contribution < -0.4 is 10.6 Å². The van der Waals surface area contributed by atoms with E-state index in [1.165, 1.54) is 0 Å². The largest absolute Gasteiger partial charge is 0.325 e. The Morgan fingerprint density at radius 2 is 1.86 bits per heavy atom. The number of benzene rings is 2. The Kier molecular flexibility index (Phi) is 5.43. The van der Waals surface area contributed by atoms with Gasteiger partial charge in [-0.2, -0.15) is 0 Å². The number of halogens is 2. The van der Waals surface area contributed by atoms with Crippen LogP contribution >= 0.6 is 23.2 Å². The van der Waals surface area contributed by atoms with Crippen LogP contribution in [0.5, 0.6) is 0 Å². The molecule has 0 aromatic heterocycles. The minimum absolute atomic E-state index is 0.0560. The van der Waals surface area contributed by atoms with E-state index in [-0.39, 0.29) is 17.9 Å². The molecule has 0 aliphatic carbocycles. The smallest absolute Gasteiger partial charge is 0.237 e. The fourth-order valence-corrected chi connectivity index (χ4v) is 5.79. The van der Waals surface area contributed by atoms with Crippen LogP contribution in [0.25, 0.3) is 0 Å². The number of piperidine rings is 1. The Hall–Kier alpha value is -1.55. The maximum atomic E-state index is 13.7. The third-order valence-electron chi connectivity index (χ3n) is 6.66. The zero-order chi connectivity index (χ0) is 19.9. The summed E-state index contributed by atoms with van der Waals surface area (Å²) < 4.78 is 0. The Labute approximate surface area is 176 Å². The van der Waals surface area contributed by atoms with Crippen molar-refractivity contribution in [3.8, 4) is 0 Å². The standard InChI is InChI=1S/C23H26Cl2N2O/c1-3-14(4-2)21-23(19-9-8-17(25)13-20(19)27-22(23)28)18(10-11-26-21)15-6-5-7-16(24)12-15/h5-9,12-14,18,21,26H,3-4,10-11H2,1-2H3,(H,27,28). The zero-order valence-corrected chi connectivity index (χ0v) is 17.8. The molecule has 3 atom stereocenters. The predicted molar refractivity (Wildman–Crippen MR) is 116 cm³/mol. The molecule has 3 unspecified atom stereocenters. The van der Waals surface area contributed by atoms with Crippen molar-refractivity contribution in [3.63, 3.8) is 0 Å². The molecule has 1 spiro atoms. The van der Waals surface area contributed by atoms with E-state index in [0.717, 1.165) is 42.6 Å². The zero-order valence-electron chi connectivity index (χ0n) is 16.3. The van der Waals surface area contributed by atoms with E-state index in [1.807, 2.05) is 36.4 Å². The average Bonchev–Trinajstić information content (AvgIpc) is 2.95. The van der Waals surface area contributed by atoms with Crippen molar-refractivity contribution in [1.82, 2.24) is 5.32 Å². The second kappa shape index (κ2) is 7.70. The fraction of sp³-hybridized carbons (Fsp3) is 0.435. The van der Waals surface area contributed by atoms with E-state index in [9.17, 15) is 4.79 Å². The number of nitrogens with one attached hydrogen (secondary N) is 2. The molecule has 2 aromatic rings. The lowest BCUT2D eigenvalue weighted by atomic mass is 9.57. The van der Waals surface area contributed by atoms with Crippen molar-refractivity contribution < 1.29 is 4.79 Å². The van der Waals surface area contributed by atoms with Crippen molar-refractivity contribution >= 4 is 34.8 Å². The van der Waals surface area contributed by atoms with Crippen LogP contribution in [0, 0.1) is 5.92 Å². The van der Waals surface area contributed by atoms with Gasteiger partial charge >= 0.3 is 0 Å². The molecule has 2 heterocycles. The van der Waals surface area contributed by atoms with Gasteiger partial charge in [0.1, 0.15) is 0 Å². The molecule has 5 heteroatoms. The molecule has 2 aromatic carbocycles. The molecule has 3 nitrogen and oxygen atoms in total. The van der Waals surface area contributed by atoms with Crippen molar-refractivity contribution in [2.45, 2.75) is 50.5 Å². The second-order valence-corrected chi connectivity index (χ2v) is 8.79. The molecule has 1 amide bonds. The fourth-order valence-electron chi connectivity index (χ4n) is 5.42. The Balaban J connectivity index is 1.96. The third-order valence-corrected chi connectivity index (χ3v) is 7.13. The van der Waals surface area contributed by atoms with Crippen molar-refractivity contribution in [2.75, 3.05) is 11.9 Å². The van der Waals surface area contributed by atoms with Crippen LogP contribution in [0.2, 0.25) is 10.0 Å². The lowest BCUT2D eigenvalue weighted by molar-refractivity contribution is -0.124. The minimum atomic E-state index is -0.667.